The minimum atomic E-state index is 0. The first-order valence-corrected chi connectivity index (χ1v) is 7.55. The van der Waals surface area contributed by atoms with Crippen LogP contribution < -0.4 is 5.73 Å². The van der Waals surface area contributed by atoms with Crippen molar-refractivity contribution in [2.24, 2.45) is 11.7 Å². The van der Waals surface area contributed by atoms with Crippen LogP contribution >= 0.6 is 12.4 Å². The molecule has 0 saturated carbocycles. The SMILES string of the molecule is CC1CCCN(C(=O)c2ccc(-n3cnnn3)cc2)C1CN.Cl. The van der Waals surface area contributed by atoms with Crippen LogP contribution in [0.2, 0.25) is 0 Å². The van der Waals surface area contributed by atoms with Gasteiger partial charge in [0.1, 0.15) is 6.33 Å². The van der Waals surface area contributed by atoms with E-state index < -0.39 is 0 Å². The fourth-order valence-corrected chi connectivity index (χ4v) is 3.06. The standard InChI is InChI=1S/C15H20N6O.ClH/c1-11-3-2-8-20(14(11)9-16)15(22)12-4-6-13(7-5-12)21-10-17-18-19-21;/h4-7,10-11,14H,2-3,8-9,16H2,1H3;1H. The molecule has 1 fully saturated rings. The zero-order chi connectivity index (χ0) is 15.5. The second-order valence-corrected chi connectivity index (χ2v) is 5.72. The Morgan fingerprint density at radius 3 is 2.70 bits per heavy atom. The van der Waals surface area contributed by atoms with E-state index in [2.05, 4.69) is 22.4 Å². The normalized spacial score (nSPS) is 20.9. The molecule has 1 aromatic carbocycles. The third kappa shape index (κ3) is 3.51. The first kappa shape index (κ1) is 17.4. The third-order valence-electron chi connectivity index (χ3n) is 4.35. The van der Waals surface area contributed by atoms with E-state index in [9.17, 15) is 4.79 Å². The number of halogens is 1. The highest BCUT2D eigenvalue weighted by Gasteiger charge is 2.31. The molecule has 0 radical (unpaired) electrons. The molecule has 2 heterocycles. The topological polar surface area (TPSA) is 89.9 Å². The molecular formula is C15H21ClN6O. The van der Waals surface area contributed by atoms with Gasteiger partial charge in [0.25, 0.3) is 5.91 Å². The molecule has 0 aliphatic carbocycles. The number of carbonyl (C=O) groups is 1. The van der Waals surface area contributed by atoms with Gasteiger partial charge in [-0.2, -0.15) is 0 Å². The number of amides is 1. The summed E-state index contributed by atoms with van der Waals surface area (Å²) < 4.78 is 1.56. The van der Waals surface area contributed by atoms with E-state index in [4.69, 9.17) is 5.73 Å². The Labute approximate surface area is 141 Å². The van der Waals surface area contributed by atoms with Crippen LogP contribution in [0.4, 0.5) is 0 Å². The third-order valence-corrected chi connectivity index (χ3v) is 4.35. The van der Waals surface area contributed by atoms with Gasteiger partial charge >= 0.3 is 0 Å². The number of benzene rings is 1. The average molecular weight is 337 g/mol. The van der Waals surface area contributed by atoms with E-state index >= 15 is 0 Å². The van der Waals surface area contributed by atoms with Gasteiger partial charge in [-0.3, -0.25) is 4.79 Å². The van der Waals surface area contributed by atoms with Gasteiger partial charge in [0, 0.05) is 24.7 Å². The summed E-state index contributed by atoms with van der Waals surface area (Å²) in [7, 11) is 0. The molecule has 1 amide bonds. The molecular weight excluding hydrogens is 316 g/mol. The molecule has 1 saturated heterocycles. The molecule has 1 aliphatic heterocycles. The molecule has 0 spiro atoms. The van der Waals surface area contributed by atoms with Crippen molar-refractivity contribution in [2.45, 2.75) is 25.8 Å². The molecule has 2 atom stereocenters. The molecule has 2 aromatic rings. The minimum Gasteiger partial charge on any atom is -0.334 e. The van der Waals surface area contributed by atoms with Crippen molar-refractivity contribution < 1.29 is 4.79 Å². The maximum atomic E-state index is 12.7. The van der Waals surface area contributed by atoms with Crippen molar-refractivity contribution in [2.75, 3.05) is 13.1 Å². The van der Waals surface area contributed by atoms with Crippen LogP contribution in [0.15, 0.2) is 30.6 Å². The zero-order valence-electron chi connectivity index (χ0n) is 13.0. The number of aromatic nitrogens is 4. The second-order valence-electron chi connectivity index (χ2n) is 5.72. The van der Waals surface area contributed by atoms with Crippen LogP contribution in [0.25, 0.3) is 5.69 Å². The molecule has 1 aromatic heterocycles. The monoisotopic (exact) mass is 336 g/mol. The first-order valence-electron chi connectivity index (χ1n) is 7.55. The van der Waals surface area contributed by atoms with Crippen LogP contribution in [0.3, 0.4) is 0 Å². The van der Waals surface area contributed by atoms with Gasteiger partial charge < -0.3 is 10.6 Å². The summed E-state index contributed by atoms with van der Waals surface area (Å²) in [4.78, 5) is 14.7. The molecule has 3 rings (SSSR count). The maximum absolute atomic E-state index is 12.7. The van der Waals surface area contributed by atoms with Crippen LogP contribution in [0, 0.1) is 5.92 Å². The number of nitrogens with two attached hydrogens (primary N) is 1. The summed E-state index contributed by atoms with van der Waals surface area (Å²) in [6.07, 6.45) is 3.68. The number of hydrogen-bond donors (Lipinski definition) is 1. The minimum absolute atomic E-state index is 0. The van der Waals surface area contributed by atoms with Crippen molar-refractivity contribution in [1.29, 1.82) is 0 Å². The summed E-state index contributed by atoms with van der Waals surface area (Å²) in [6, 6.07) is 7.43. The predicted molar refractivity (Wildman–Crippen MR) is 88.7 cm³/mol. The fraction of sp³-hybridized carbons (Fsp3) is 0.467. The van der Waals surface area contributed by atoms with Crippen molar-refractivity contribution in [3.05, 3.63) is 36.2 Å². The number of carbonyl (C=O) groups excluding carboxylic acids is 1. The van der Waals surface area contributed by atoms with Gasteiger partial charge in [-0.15, -0.1) is 17.5 Å². The van der Waals surface area contributed by atoms with Crippen molar-refractivity contribution in [3.8, 4) is 5.69 Å². The van der Waals surface area contributed by atoms with Crippen molar-refractivity contribution >= 4 is 18.3 Å². The summed E-state index contributed by atoms with van der Waals surface area (Å²) in [6.45, 7) is 3.45. The van der Waals surface area contributed by atoms with E-state index in [1.54, 1.807) is 4.68 Å². The number of piperidine rings is 1. The average Bonchev–Trinajstić information content (AvgIpc) is 3.08. The van der Waals surface area contributed by atoms with Crippen LogP contribution in [-0.2, 0) is 0 Å². The van der Waals surface area contributed by atoms with Gasteiger partial charge in [-0.25, -0.2) is 4.68 Å². The fourth-order valence-electron chi connectivity index (χ4n) is 3.06. The van der Waals surface area contributed by atoms with Gasteiger partial charge in [0.2, 0.25) is 0 Å². The lowest BCUT2D eigenvalue weighted by Crippen LogP contribution is -2.51. The number of hydrogen-bond acceptors (Lipinski definition) is 5. The molecule has 0 bridgehead atoms. The highest BCUT2D eigenvalue weighted by atomic mass is 35.5. The molecule has 8 heteroatoms. The molecule has 7 nitrogen and oxygen atoms in total. The van der Waals surface area contributed by atoms with E-state index in [-0.39, 0.29) is 24.4 Å². The Morgan fingerprint density at radius 2 is 2.09 bits per heavy atom. The molecule has 124 valence electrons. The summed E-state index contributed by atoms with van der Waals surface area (Å²) >= 11 is 0. The lowest BCUT2D eigenvalue weighted by atomic mass is 9.90. The molecule has 2 unspecified atom stereocenters. The van der Waals surface area contributed by atoms with E-state index in [0.717, 1.165) is 25.1 Å². The van der Waals surface area contributed by atoms with Crippen LogP contribution in [0.5, 0.6) is 0 Å². The van der Waals surface area contributed by atoms with E-state index in [0.29, 0.717) is 18.0 Å². The smallest absolute Gasteiger partial charge is 0.254 e. The van der Waals surface area contributed by atoms with Gasteiger partial charge in [0.15, 0.2) is 0 Å². The van der Waals surface area contributed by atoms with Gasteiger partial charge in [-0.1, -0.05) is 6.92 Å². The highest BCUT2D eigenvalue weighted by Crippen LogP contribution is 2.24. The summed E-state index contributed by atoms with van der Waals surface area (Å²) in [5.41, 5.74) is 7.36. The summed E-state index contributed by atoms with van der Waals surface area (Å²) in [5, 5.41) is 11.0. The predicted octanol–water partition coefficient (Wildman–Crippen LogP) is 1.28. The second kappa shape index (κ2) is 7.52. The lowest BCUT2D eigenvalue weighted by molar-refractivity contribution is 0.0532. The van der Waals surface area contributed by atoms with E-state index in [1.807, 2.05) is 29.2 Å². The lowest BCUT2D eigenvalue weighted by Gasteiger charge is -2.39. The first-order chi connectivity index (χ1) is 10.7. The van der Waals surface area contributed by atoms with Crippen molar-refractivity contribution in [3.63, 3.8) is 0 Å². The Kier molecular flexibility index (Phi) is 5.68. The van der Waals surface area contributed by atoms with Gasteiger partial charge in [0.05, 0.1) is 5.69 Å². The largest absolute Gasteiger partial charge is 0.334 e. The zero-order valence-corrected chi connectivity index (χ0v) is 13.8. The number of nitrogens with zero attached hydrogens (tertiary/aromatic N) is 5. The Morgan fingerprint density at radius 1 is 1.35 bits per heavy atom. The number of tetrazole rings is 1. The van der Waals surface area contributed by atoms with Crippen LogP contribution in [-0.4, -0.2) is 50.1 Å². The van der Waals surface area contributed by atoms with E-state index in [1.165, 1.54) is 6.33 Å². The summed E-state index contributed by atoms with van der Waals surface area (Å²) in [5.74, 6) is 0.494. The number of likely N-dealkylation sites (tertiary alicyclic amines) is 1. The molecule has 23 heavy (non-hydrogen) atoms. The maximum Gasteiger partial charge on any atom is 0.254 e. The molecule has 1 aliphatic rings. The van der Waals surface area contributed by atoms with Crippen molar-refractivity contribution in [1.82, 2.24) is 25.1 Å². The Balaban J connectivity index is 0.00000192. The Hall–Kier alpha value is -1.99. The van der Waals surface area contributed by atoms with Gasteiger partial charge in [-0.05, 0) is 53.5 Å². The number of rotatable bonds is 3. The highest BCUT2D eigenvalue weighted by molar-refractivity contribution is 5.94. The molecule has 2 N–H and O–H groups in total. The Bertz CT molecular complexity index is 630. The quantitative estimate of drug-likeness (QED) is 0.912. The van der Waals surface area contributed by atoms with Crippen LogP contribution in [0.1, 0.15) is 30.1 Å².